The van der Waals surface area contributed by atoms with E-state index in [0.717, 1.165) is 22.5 Å². The third-order valence-corrected chi connectivity index (χ3v) is 12.0. The maximum absolute atomic E-state index is 12.6. The molecule has 2 aliphatic carbocycles. The SMILES string of the molecule is O=C1N[C@H](CCC(=O)N2CC(c3ccc(C4CC(C(F)(F)F)C4)nc3)C2)CO1.O=C1N[C@H](CCC(=O)N2CC(c3ccc(C4CC(C(F)(F)F)C4)nc3)C2)CO1. The van der Waals surface area contributed by atoms with E-state index in [0.29, 0.717) is 65.1 Å². The van der Waals surface area contributed by atoms with Gasteiger partial charge in [-0.3, -0.25) is 19.6 Å². The van der Waals surface area contributed by atoms with Gasteiger partial charge in [-0.15, -0.1) is 0 Å². The Kier molecular flexibility index (Phi) is 11.4. The number of ether oxygens (including phenoxy) is 2. The summed E-state index contributed by atoms with van der Waals surface area (Å²) in [6.07, 6.45) is -3.30. The topological polar surface area (TPSA) is 143 Å². The second-order valence-electron chi connectivity index (χ2n) is 15.8. The molecule has 56 heavy (non-hydrogen) atoms. The first kappa shape index (κ1) is 39.6. The molecule has 12 nitrogen and oxygen atoms in total. The summed E-state index contributed by atoms with van der Waals surface area (Å²) in [6.45, 7) is 3.08. The molecule has 6 fully saturated rings. The molecule has 18 heteroatoms. The number of hydrogen-bond donors (Lipinski definition) is 2. The Morgan fingerprint density at radius 2 is 1.00 bits per heavy atom. The third-order valence-electron chi connectivity index (χ3n) is 12.0. The van der Waals surface area contributed by atoms with Crippen LogP contribution in [0.4, 0.5) is 35.9 Å². The van der Waals surface area contributed by atoms with Crippen molar-refractivity contribution in [1.29, 1.82) is 0 Å². The van der Waals surface area contributed by atoms with Crippen LogP contribution in [0, 0.1) is 11.8 Å². The monoisotopic (exact) mass is 794 g/mol. The number of aromatic nitrogens is 2. The van der Waals surface area contributed by atoms with E-state index in [1.54, 1.807) is 22.2 Å². The highest BCUT2D eigenvalue weighted by atomic mass is 19.4. The zero-order chi connectivity index (χ0) is 39.8. The van der Waals surface area contributed by atoms with E-state index in [2.05, 4.69) is 20.6 Å². The average Bonchev–Trinajstić information content (AvgIpc) is 3.67. The number of alkyl carbamates (subject to hydrolysis) is 2. The number of nitrogens with zero attached hydrogens (tertiary/aromatic N) is 4. The molecular weight excluding hydrogens is 750 g/mol. The molecule has 2 N–H and O–H groups in total. The first-order valence-electron chi connectivity index (χ1n) is 19.1. The maximum atomic E-state index is 12.6. The van der Waals surface area contributed by atoms with Gasteiger partial charge < -0.3 is 29.9 Å². The predicted octanol–water partition coefficient (Wildman–Crippen LogP) is 5.90. The molecular formula is C38H44F6N6O6. The molecule has 304 valence electrons. The van der Waals surface area contributed by atoms with E-state index >= 15 is 0 Å². The highest BCUT2D eigenvalue weighted by Crippen LogP contribution is 2.50. The van der Waals surface area contributed by atoms with Gasteiger partial charge >= 0.3 is 24.5 Å². The smallest absolute Gasteiger partial charge is 0.407 e. The lowest BCUT2D eigenvalue weighted by Crippen LogP contribution is -2.48. The van der Waals surface area contributed by atoms with Gasteiger partial charge in [0.1, 0.15) is 13.2 Å². The largest absolute Gasteiger partial charge is 0.447 e. The Balaban J connectivity index is 0.000000172. The Hall–Kier alpha value is -4.64. The number of rotatable bonds is 10. The molecule has 4 aliphatic heterocycles. The van der Waals surface area contributed by atoms with Crippen LogP contribution in [0.3, 0.4) is 0 Å². The summed E-state index contributed by atoms with van der Waals surface area (Å²) in [5.41, 5.74) is 3.46. The van der Waals surface area contributed by atoms with E-state index in [9.17, 15) is 45.5 Å². The van der Waals surface area contributed by atoms with Crippen molar-refractivity contribution in [3.8, 4) is 0 Å². The molecule has 0 aromatic carbocycles. The van der Waals surface area contributed by atoms with Crippen LogP contribution in [0.2, 0.25) is 0 Å². The molecule has 0 bridgehead atoms. The third kappa shape index (κ3) is 9.31. The second-order valence-corrected chi connectivity index (χ2v) is 15.8. The zero-order valence-corrected chi connectivity index (χ0v) is 30.5. The highest BCUT2D eigenvalue weighted by Gasteiger charge is 2.49. The first-order valence-corrected chi connectivity index (χ1v) is 19.1. The molecule has 0 spiro atoms. The van der Waals surface area contributed by atoms with Crippen LogP contribution < -0.4 is 10.6 Å². The molecule has 8 rings (SSSR count). The van der Waals surface area contributed by atoms with Gasteiger partial charge in [0.2, 0.25) is 11.8 Å². The minimum Gasteiger partial charge on any atom is -0.447 e. The quantitative estimate of drug-likeness (QED) is 0.283. The van der Waals surface area contributed by atoms with Gasteiger partial charge in [-0.25, -0.2) is 9.59 Å². The van der Waals surface area contributed by atoms with E-state index in [4.69, 9.17) is 9.47 Å². The van der Waals surface area contributed by atoms with E-state index < -0.39 is 36.4 Å². The molecule has 2 atom stereocenters. The normalized spacial score (nSPS) is 27.6. The lowest BCUT2D eigenvalue weighted by atomic mass is 9.72. The molecule has 0 unspecified atom stereocenters. The number of likely N-dealkylation sites (tertiary alicyclic amines) is 2. The average molecular weight is 795 g/mol. The van der Waals surface area contributed by atoms with Crippen LogP contribution >= 0.6 is 0 Å². The standard InChI is InChI=1S/2C19H22F3N3O3/c2*20-19(21,22)14-5-12(6-14)16-3-1-11(7-23-16)13-8-25(9-13)17(26)4-2-15-10-28-18(27)24-15/h2*1,3,7,12-15H,2,4-6,8-10H2,(H,24,27)/t2*12?,14?,15-/m11/s1. The molecule has 6 heterocycles. The number of pyridine rings is 2. The number of amides is 4. The first-order chi connectivity index (χ1) is 26.6. The summed E-state index contributed by atoms with van der Waals surface area (Å²) in [5.74, 6) is -2.10. The second kappa shape index (κ2) is 16.1. The van der Waals surface area contributed by atoms with Gasteiger partial charge in [0.05, 0.1) is 23.9 Å². The van der Waals surface area contributed by atoms with E-state index in [1.807, 2.05) is 24.3 Å². The minimum atomic E-state index is -4.10. The van der Waals surface area contributed by atoms with Crippen LogP contribution in [0.1, 0.15) is 97.6 Å². The lowest BCUT2D eigenvalue weighted by Gasteiger charge is -2.40. The Bertz CT molecular complexity index is 1610. The van der Waals surface area contributed by atoms with E-state index in [1.165, 1.54) is 0 Å². The van der Waals surface area contributed by atoms with Gasteiger partial charge in [0, 0.05) is 86.5 Å². The summed E-state index contributed by atoms with van der Waals surface area (Å²) in [6, 6.07) is 7.27. The fraction of sp³-hybridized carbons (Fsp3) is 0.632. The number of cyclic esters (lactones) is 2. The van der Waals surface area contributed by atoms with Crippen molar-refractivity contribution in [2.75, 3.05) is 39.4 Å². The fourth-order valence-corrected chi connectivity index (χ4v) is 7.91. The Labute approximate surface area is 319 Å². The summed E-state index contributed by atoms with van der Waals surface area (Å²) >= 11 is 0. The van der Waals surface area contributed by atoms with Crippen molar-refractivity contribution < 1.29 is 55.0 Å². The van der Waals surface area contributed by atoms with Crippen molar-refractivity contribution in [1.82, 2.24) is 30.4 Å². The van der Waals surface area contributed by atoms with Crippen LogP contribution in [-0.2, 0) is 19.1 Å². The molecule has 2 saturated carbocycles. The summed E-state index contributed by atoms with van der Waals surface area (Å²) in [7, 11) is 0. The lowest BCUT2D eigenvalue weighted by molar-refractivity contribution is -0.198. The number of alkyl halides is 6. The molecule has 6 aliphatic rings. The molecule has 4 saturated heterocycles. The predicted molar refractivity (Wildman–Crippen MR) is 185 cm³/mol. The Morgan fingerprint density at radius 3 is 1.29 bits per heavy atom. The van der Waals surface area contributed by atoms with Crippen LogP contribution in [0.15, 0.2) is 36.7 Å². The van der Waals surface area contributed by atoms with E-state index in [-0.39, 0.29) is 73.3 Å². The van der Waals surface area contributed by atoms with Gasteiger partial charge in [0.15, 0.2) is 0 Å². The number of carbonyl (C=O) groups is 4. The van der Waals surface area contributed by atoms with Crippen LogP contribution in [0.5, 0.6) is 0 Å². The number of hydrogen-bond acceptors (Lipinski definition) is 8. The summed E-state index contributed by atoms with van der Waals surface area (Å²) < 4.78 is 85.2. The maximum Gasteiger partial charge on any atom is 0.407 e. The molecule has 0 radical (unpaired) electrons. The molecule has 2 aromatic heterocycles. The number of carbonyl (C=O) groups excluding carboxylic acids is 4. The van der Waals surface area contributed by atoms with Crippen LogP contribution in [-0.4, -0.2) is 108 Å². The van der Waals surface area contributed by atoms with Crippen molar-refractivity contribution in [2.24, 2.45) is 11.8 Å². The molecule has 4 amide bonds. The minimum absolute atomic E-state index is 0.0506. The van der Waals surface area contributed by atoms with Crippen molar-refractivity contribution in [3.63, 3.8) is 0 Å². The Morgan fingerprint density at radius 1 is 0.625 bits per heavy atom. The van der Waals surface area contributed by atoms with Gasteiger partial charge in [0.25, 0.3) is 0 Å². The van der Waals surface area contributed by atoms with Gasteiger partial charge in [-0.05, 0) is 61.8 Å². The highest BCUT2D eigenvalue weighted by molar-refractivity contribution is 5.78. The number of nitrogens with one attached hydrogen (secondary N) is 2. The van der Waals surface area contributed by atoms with Crippen molar-refractivity contribution in [3.05, 3.63) is 59.2 Å². The van der Waals surface area contributed by atoms with Gasteiger partial charge in [-0.1, -0.05) is 12.1 Å². The fourth-order valence-electron chi connectivity index (χ4n) is 7.91. The molecule has 2 aromatic rings. The zero-order valence-electron chi connectivity index (χ0n) is 30.5. The number of halogens is 6. The summed E-state index contributed by atoms with van der Waals surface area (Å²) in [4.78, 5) is 58.6. The van der Waals surface area contributed by atoms with Gasteiger partial charge in [-0.2, -0.15) is 26.3 Å². The van der Waals surface area contributed by atoms with Crippen molar-refractivity contribution >= 4 is 24.0 Å². The summed E-state index contributed by atoms with van der Waals surface area (Å²) in [5, 5.41) is 5.30. The van der Waals surface area contributed by atoms with Crippen molar-refractivity contribution in [2.45, 2.75) is 99.5 Å². The van der Waals surface area contributed by atoms with Crippen LogP contribution in [0.25, 0.3) is 0 Å².